The van der Waals surface area contributed by atoms with Gasteiger partial charge in [0.2, 0.25) is 11.8 Å². The number of hydrogen-bond donors (Lipinski definition) is 2. The largest absolute Gasteiger partial charge is 0.422 e. The van der Waals surface area contributed by atoms with Crippen molar-refractivity contribution in [1.29, 1.82) is 5.26 Å². The molecule has 0 amide bonds. The summed E-state index contributed by atoms with van der Waals surface area (Å²) in [6.07, 6.45) is 0. The van der Waals surface area contributed by atoms with Crippen molar-refractivity contribution in [3.05, 3.63) is 83.2 Å². The van der Waals surface area contributed by atoms with E-state index in [-0.39, 0.29) is 5.88 Å². The fourth-order valence-electron chi connectivity index (χ4n) is 3.09. The molecule has 1 atom stereocenters. The number of ether oxygens (including phenoxy) is 1. The van der Waals surface area contributed by atoms with E-state index in [1.54, 1.807) is 4.68 Å². The highest BCUT2D eigenvalue weighted by atomic mass is 16.5. The third kappa shape index (κ3) is 2.30. The number of hydrogen-bond acceptors (Lipinski definition) is 5. The van der Waals surface area contributed by atoms with Crippen molar-refractivity contribution in [3.8, 4) is 17.6 Å². The first kappa shape index (κ1) is 14.8. The van der Waals surface area contributed by atoms with Crippen LogP contribution in [0, 0.1) is 11.3 Å². The van der Waals surface area contributed by atoms with Gasteiger partial charge in [0.1, 0.15) is 11.6 Å². The Balaban J connectivity index is 1.97. The molecule has 1 unspecified atom stereocenters. The normalized spacial score (nSPS) is 16.0. The Morgan fingerprint density at radius 3 is 2.28 bits per heavy atom. The summed E-state index contributed by atoms with van der Waals surface area (Å²) in [6.45, 7) is 0. The van der Waals surface area contributed by atoms with Crippen LogP contribution >= 0.6 is 0 Å². The second-order valence-electron chi connectivity index (χ2n) is 5.69. The Hall–Kier alpha value is -3.72. The van der Waals surface area contributed by atoms with E-state index >= 15 is 0 Å². The Morgan fingerprint density at radius 2 is 1.64 bits per heavy atom. The Morgan fingerprint density at radius 1 is 1.00 bits per heavy atom. The van der Waals surface area contributed by atoms with Gasteiger partial charge in [-0.15, -0.1) is 5.10 Å². The Labute approximate surface area is 144 Å². The lowest BCUT2D eigenvalue weighted by molar-refractivity contribution is 0.367. The van der Waals surface area contributed by atoms with Crippen molar-refractivity contribution in [2.45, 2.75) is 5.92 Å². The van der Waals surface area contributed by atoms with Crippen LogP contribution in [0.1, 0.15) is 17.0 Å². The molecule has 1 aliphatic rings. The summed E-state index contributed by atoms with van der Waals surface area (Å²) >= 11 is 0. The molecule has 2 aromatic carbocycles. The highest BCUT2D eigenvalue weighted by Gasteiger charge is 2.36. The first-order valence-corrected chi connectivity index (χ1v) is 7.77. The molecule has 0 aliphatic carbocycles. The number of fused-ring (bicyclic) bond motifs is 1. The molecular formula is C19H15N5O. The number of nitrogens with zero attached hydrogens (tertiary/aromatic N) is 3. The summed E-state index contributed by atoms with van der Waals surface area (Å²) in [6, 6.07) is 21.3. The smallest absolute Gasteiger partial charge is 0.231 e. The van der Waals surface area contributed by atoms with Gasteiger partial charge >= 0.3 is 0 Å². The van der Waals surface area contributed by atoms with Crippen molar-refractivity contribution < 1.29 is 4.74 Å². The van der Waals surface area contributed by atoms with E-state index < -0.39 is 5.92 Å². The van der Waals surface area contributed by atoms with E-state index in [0.29, 0.717) is 22.8 Å². The number of nitrogens with two attached hydrogens (primary N) is 2. The minimum atomic E-state index is -0.410. The van der Waals surface area contributed by atoms with E-state index in [0.717, 1.165) is 11.3 Å². The van der Waals surface area contributed by atoms with Gasteiger partial charge in [0, 0.05) is 0 Å². The third-order valence-electron chi connectivity index (χ3n) is 4.21. The lowest BCUT2D eigenvalue weighted by Gasteiger charge is -2.24. The Bertz CT molecular complexity index is 1000. The topological polar surface area (TPSA) is 103 Å². The Kier molecular flexibility index (Phi) is 3.40. The van der Waals surface area contributed by atoms with Crippen LogP contribution in [0.2, 0.25) is 0 Å². The van der Waals surface area contributed by atoms with Gasteiger partial charge in [0.25, 0.3) is 0 Å². The zero-order valence-electron chi connectivity index (χ0n) is 13.3. The van der Waals surface area contributed by atoms with Gasteiger partial charge in [-0.2, -0.15) is 9.94 Å². The number of nitrogen functional groups attached to an aromatic ring is 1. The van der Waals surface area contributed by atoms with Crippen LogP contribution in [-0.2, 0) is 0 Å². The molecule has 2 heterocycles. The van der Waals surface area contributed by atoms with Crippen LogP contribution < -0.4 is 16.2 Å². The maximum atomic E-state index is 9.60. The number of rotatable bonds is 2. The molecule has 0 saturated carbocycles. The maximum absolute atomic E-state index is 9.60. The van der Waals surface area contributed by atoms with Gasteiger partial charge in [-0.3, -0.25) is 0 Å². The van der Waals surface area contributed by atoms with Crippen molar-refractivity contribution in [2.24, 2.45) is 5.73 Å². The minimum absolute atomic E-state index is 0.0703. The average molecular weight is 329 g/mol. The SMILES string of the molecule is N#CC1=C(N)Oc2c(c(N)nn2-c2ccccc2)C1c1ccccc1. The number of nitriles is 1. The molecule has 122 valence electrons. The molecule has 0 saturated heterocycles. The lowest BCUT2D eigenvalue weighted by Crippen LogP contribution is -2.22. The minimum Gasteiger partial charge on any atom is -0.422 e. The fraction of sp³-hybridized carbons (Fsp3) is 0.0526. The molecule has 0 fully saturated rings. The second-order valence-corrected chi connectivity index (χ2v) is 5.69. The molecule has 4 rings (SSSR count). The van der Waals surface area contributed by atoms with E-state index in [1.807, 2.05) is 60.7 Å². The first-order chi connectivity index (χ1) is 12.2. The standard InChI is InChI=1S/C19H15N5O/c20-11-14-15(12-7-3-1-4-8-12)16-17(21)23-24(19(16)25-18(14)22)13-9-5-2-6-10-13/h1-10,15H,22H2,(H2,21,23). The first-order valence-electron chi connectivity index (χ1n) is 7.77. The van der Waals surface area contributed by atoms with Crippen LogP contribution in [0.15, 0.2) is 72.1 Å². The number of anilines is 1. The predicted octanol–water partition coefficient (Wildman–Crippen LogP) is 2.67. The molecule has 0 bridgehead atoms. The molecule has 4 N–H and O–H groups in total. The predicted molar refractivity (Wildman–Crippen MR) is 93.7 cm³/mol. The van der Waals surface area contributed by atoms with Crippen molar-refractivity contribution in [3.63, 3.8) is 0 Å². The summed E-state index contributed by atoms with van der Waals surface area (Å²) < 4.78 is 7.36. The van der Waals surface area contributed by atoms with Gasteiger partial charge < -0.3 is 16.2 Å². The quantitative estimate of drug-likeness (QED) is 0.752. The van der Waals surface area contributed by atoms with Gasteiger partial charge in [0.05, 0.1) is 17.2 Å². The van der Waals surface area contributed by atoms with Crippen LogP contribution in [0.25, 0.3) is 5.69 Å². The van der Waals surface area contributed by atoms with Crippen LogP contribution in [0.3, 0.4) is 0 Å². The van der Waals surface area contributed by atoms with Gasteiger partial charge in [-0.25, -0.2) is 0 Å². The second kappa shape index (κ2) is 5.73. The van der Waals surface area contributed by atoms with Crippen molar-refractivity contribution in [1.82, 2.24) is 9.78 Å². The average Bonchev–Trinajstić information content (AvgIpc) is 2.98. The summed E-state index contributed by atoms with van der Waals surface area (Å²) in [5.41, 5.74) is 14.9. The molecule has 1 aromatic heterocycles. The maximum Gasteiger partial charge on any atom is 0.231 e. The van der Waals surface area contributed by atoms with Crippen molar-refractivity contribution in [2.75, 3.05) is 5.73 Å². The summed E-state index contributed by atoms with van der Waals surface area (Å²) in [5.74, 6) is 0.412. The molecule has 0 spiro atoms. The summed E-state index contributed by atoms with van der Waals surface area (Å²) in [7, 11) is 0. The fourth-order valence-corrected chi connectivity index (χ4v) is 3.09. The molecule has 6 heteroatoms. The zero-order valence-corrected chi connectivity index (χ0v) is 13.3. The lowest BCUT2D eigenvalue weighted by atomic mass is 9.85. The van der Waals surface area contributed by atoms with E-state index in [9.17, 15) is 5.26 Å². The van der Waals surface area contributed by atoms with Gasteiger partial charge in [-0.1, -0.05) is 48.5 Å². The molecule has 1 aliphatic heterocycles. The number of benzene rings is 2. The summed E-state index contributed by atoms with van der Waals surface area (Å²) in [5, 5.41) is 14.0. The number of aromatic nitrogens is 2. The van der Waals surface area contributed by atoms with E-state index in [4.69, 9.17) is 16.2 Å². The molecule has 0 radical (unpaired) electrons. The van der Waals surface area contributed by atoms with Gasteiger partial charge in [0.15, 0.2) is 5.82 Å². The molecule has 25 heavy (non-hydrogen) atoms. The van der Waals surface area contributed by atoms with Crippen LogP contribution in [0.4, 0.5) is 5.82 Å². The molecular weight excluding hydrogens is 314 g/mol. The van der Waals surface area contributed by atoms with Crippen LogP contribution in [0.5, 0.6) is 5.88 Å². The zero-order chi connectivity index (χ0) is 17.4. The van der Waals surface area contributed by atoms with E-state index in [1.165, 1.54) is 0 Å². The summed E-state index contributed by atoms with van der Waals surface area (Å²) in [4.78, 5) is 0. The molecule has 6 nitrogen and oxygen atoms in total. The van der Waals surface area contributed by atoms with Gasteiger partial charge in [-0.05, 0) is 17.7 Å². The highest BCUT2D eigenvalue weighted by molar-refractivity contribution is 5.63. The van der Waals surface area contributed by atoms with Crippen molar-refractivity contribution >= 4 is 5.82 Å². The number of allylic oxidation sites excluding steroid dienone is 1. The number of para-hydroxylation sites is 1. The van der Waals surface area contributed by atoms with E-state index in [2.05, 4.69) is 11.2 Å². The van der Waals surface area contributed by atoms with Crippen LogP contribution in [-0.4, -0.2) is 9.78 Å². The highest BCUT2D eigenvalue weighted by Crippen LogP contribution is 2.45. The third-order valence-corrected chi connectivity index (χ3v) is 4.21. The molecule has 3 aromatic rings. The monoisotopic (exact) mass is 329 g/mol.